The number of hydrogen-bond donors (Lipinski definition) is 2. The Labute approximate surface area is 226 Å². The normalized spacial score (nSPS) is 11.2. The van der Waals surface area contributed by atoms with Crippen molar-refractivity contribution < 1.29 is 17.8 Å². The molecule has 7 heteroatoms. The fraction of sp³-hybridized carbons (Fsp3) is 0.258. The highest BCUT2D eigenvalue weighted by molar-refractivity contribution is 7.85. The molecule has 0 aromatic heterocycles. The van der Waals surface area contributed by atoms with Crippen LogP contribution in [0, 0.1) is 6.92 Å². The molecule has 0 saturated heterocycles. The van der Waals surface area contributed by atoms with Gasteiger partial charge in [0, 0.05) is 18.7 Å². The monoisotopic (exact) mass is 532 g/mol. The molecule has 1 amide bonds. The first-order chi connectivity index (χ1) is 18.2. The zero-order valence-corrected chi connectivity index (χ0v) is 23.0. The van der Waals surface area contributed by atoms with Crippen LogP contribution in [0.3, 0.4) is 0 Å². The molecule has 0 fully saturated rings. The molecular weight excluding hydrogens is 496 g/mol. The van der Waals surface area contributed by atoms with Crippen LogP contribution in [-0.4, -0.2) is 43.4 Å². The quantitative estimate of drug-likeness (QED) is 0.262. The minimum absolute atomic E-state index is 0.0121. The number of nitrogens with zero attached hydrogens (tertiary/aromatic N) is 1. The number of rotatable bonds is 9. The van der Waals surface area contributed by atoms with Crippen LogP contribution >= 0.6 is 0 Å². The summed E-state index contributed by atoms with van der Waals surface area (Å²) >= 11 is 0. The Morgan fingerprint density at radius 1 is 0.816 bits per heavy atom. The molecule has 38 heavy (non-hydrogen) atoms. The van der Waals surface area contributed by atoms with Crippen LogP contribution in [0.5, 0.6) is 0 Å². The van der Waals surface area contributed by atoms with E-state index in [1.54, 1.807) is 12.1 Å². The largest absolute Gasteiger partial charge is 0.352 e. The van der Waals surface area contributed by atoms with Crippen LogP contribution in [0.4, 0.5) is 0 Å². The van der Waals surface area contributed by atoms with Crippen molar-refractivity contribution in [1.82, 2.24) is 10.2 Å². The molecule has 0 bridgehead atoms. The maximum absolute atomic E-state index is 12.5. The predicted molar refractivity (Wildman–Crippen MR) is 154 cm³/mol. The summed E-state index contributed by atoms with van der Waals surface area (Å²) in [5.74, 6) is -0.0121. The summed E-state index contributed by atoms with van der Waals surface area (Å²) < 4.78 is 29.6. The summed E-state index contributed by atoms with van der Waals surface area (Å²) in [5.41, 5.74) is 4.33. The van der Waals surface area contributed by atoms with Crippen molar-refractivity contribution in [3.8, 4) is 0 Å². The first-order valence-electron chi connectivity index (χ1n) is 12.8. The number of amides is 1. The van der Waals surface area contributed by atoms with Crippen molar-refractivity contribution in [2.24, 2.45) is 0 Å². The fourth-order valence-corrected chi connectivity index (χ4v) is 4.58. The van der Waals surface area contributed by atoms with E-state index in [9.17, 15) is 13.2 Å². The average molecular weight is 533 g/mol. The van der Waals surface area contributed by atoms with Gasteiger partial charge in [-0.15, -0.1) is 0 Å². The second-order valence-electron chi connectivity index (χ2n) is 9.09. The summed E-state index contributed by atoms with van der Waals surface area (Å²) in [7, 11) is -4.02. The van der Waals surface area contributed by atoms with Crippen molar-refractivity contribution in [2.45, 2.75) is 38.6 Å². The van der Waals surface area contributed by atoms with Crippen molar-refractivity contribution in [1.29, 1.82) is 0 Å². The highest BCUT2D eigenvalue weighted by atomic mass is 32.2. The minimum atomic E-state index is -4.02. The van der Waals surface area contributed by atoms with Gasteiger partial charge in [0.1, 0.15) is 0 Å². The van der Waals surface area contributed by atoms with E-state index in [1.807, 2.05) is 43.3 Å². The highest BCUT2D eigenvalue weighted by Gasteiger charge is 2.09. The molecule has 4 aromatic carbocycles. The van der Waals surface area contributed by atoms with Gasteiger partial charge in [0.25, 0.3) is 16.0 Å². The van der Waals surface area contributed by atoms with E-state index in [4.69, 9.17) is 4.55 Å². The Hall–Kier alpha value is -3.52. The van der Waals surface area contributed by atoms with E-state index in [-0.39, 0.29) is 10.8 Å². The Bertz CT molecular complexity index is 1450. The third kappa shape index (κ3) is 8.52. The SMILES string of the molecule is CCN(CC)Cc1ccccc1CCNC(=O)c1ccc2ccccc2c1.Cc1ccc(S(=O)(=O)O)cc1. The summed E-state index contributed by atoms with van der Waals surface area (Å²) in [6.45, 7) is 9.91. The number of benzene rings is 4. The van der Waals surface area contributed by atoms with Crippen molar-refractivity contribution in [3.05, 3.63) is 113 Å². The smallest absolute Gasteiger partial charge is 0.294 e. The molecule has 0 atom stereocenters. The Balaban J connectivity index is 0.000000304. The van der Waals surface area contributed by atoms with Gasteiger partial charge in [0.05, 0.1) is 4.90 Å². The Morgan fingerprint density at radius 2 is 1.42 bits per heavy atom. The van der Waals surface area contributed by atoms with Gasteiger partial charge in [0.15, 0.2) is 0 Å². The lowest BCUT2D eigenvalue weighted by Gasteiger charge is -2.20. The van der Waals surface area contributed by atoms with Crippen LogP contribution in [0.25, 0.3) is 10.8 Å². The molecule has 6 nitrogen and oxygen atoms in total. The summed E-state index contributed by atoms with van der Waals surface area (Å²) in [5, 5.41) is 5.31. The summed E-state index contributed by atoms with van der Waals surface area (Å²) in [4.78, 5) is 14.9. The van der Waals surface area contributed by atoms with E-state index >= 15 is 0 Å². The molecule has 2 N–H and O–H groups in total. The minimum Gasteiger partial charge on any atom is -0.352 e. The average Bonchev–Trinajstić information content (AvgIpc) is 2.92. The molecule has 0 radical (unpaired) electrons. The zero-order valence-electron chi connectivity index (χ0n) is 22.2. The lowest BCUT2D eigenvalue weighted by atomic mass is 10.0. The first-order valence-corrected chi connectivity index (χ1v) is 14.3. The Kier molecular flexibility index (Phi) is 10.6. The fourth-order valence-electron chi connectivity index (χ4n) is 4.10. The van der Waals surface area contributed by atoms with Gasteiger partial charge in [-0.1, -0.05) is 86.1 Å². The van der Waals surface area contributed by atoms with Gasteiger partial charge in [0.2, 0.25) is 0 Å². The summed E-state index contributed by atoms with van der Waals surface area (Å²) in [6.07, 6.45) is 0.844. The van der Waals surface area contributed by atoms with Crippen molar-refractivity contribution in [2.75, 3.05) is 19.6 Å². The van der Waals surface area contributed by atoms with Gasteiger partial charge in [-0.25, -0.2) is 0 Å². The molecule has 4 rings (SSSR count). The van der Waals surface area contributed by atoms with Crippen LogP contribution in [0.1, 0.15) is 40.9 Å². The zero-order chi connectivity index (χ0) is 27.5. The molecule has 0 aliphatic heterocycles. The topological polar surface area (TPSA) is 86.7 Å². The van der Waals surface area contributed by atoms with E-state index in [0.29, 0.717) is 12.1 Å². The molecule has 0 spiro atoms. The highest BCUT2D eigenvalue weighted by Crippen LogP contribution is 2.16. The van der Waals surface area contributed by atoms with Crippen LogP contribution in [-0.2, 0) is 23.1 Å². The van der Waals surface area contributed by atoms with E-state index in [0.717, 1.165) is 42.4 Å². The summed E-state index contributed by atoms with van der Waals surface area (Å²) in [6, 6.07) is 28.5. The van der Waals surface area contributed by atoms with Crippen molar-refractivity contribution in [3.63, 3.8) is 0 Å². The molecular formula is C31H36N2O4S. The van der Waals surface area contributed by atoms with Gasteiger partial charge in [-0.3, -0.25) is 14.2 Å². The number of fused-ring (bicyclic) bond motifs is 1. The maximum Gasteiger partial charge on any atom is 0.294 e. The van der Waals surface area contributed by atoms with Gasteiger partial charge < -0.3 is 5.32 Å². The van der Waals surface area contributed by atoms with Crippen molar-refractivity contribution >= 4 is 26.8 Å². The molecule has 0 heterocycles. The molecule has 0 saturated carbocycles. The number of hydrogen-bond acceptors (Lipinski definition) is 4. The van der Waals surface area contributed by atoms with Crippen LogP contribution in [0.2, 0.25) is 0 Å². The molecule has 0 aliphatic rings. The number of aryl methyl sites for hydroxylation is 1. The van der Waals surface area contributed by atoms with Crippen LogP contribution in [0.15, 0.2) is 95.9 Å². The number of nitrogens with one attached hydrogen (secondary N) is 1. The second kappa shape index (κ2) is 13.9. The predicted octanol–water partition coefficient (Wildman–Crippen LogP) is 5.90. The maximum atomic E-state index is 12.5. The third-order valence-corrected chi connectivity index (χ3v) is 7.29. The molecule has 0 aliphatic carbocycles. The standard InChI is InChI=1S/C24H28N2O.C7H8O3S/c1-3-26(4-2)18-23-12-8-6-10-20(23)15-16-25-24(27)22-14-13-19-9-5-7-11-21(19)17-22;1-6-2-4-7(5-3-6)11(8,9)10/h5-14,17H,3-4,15-16,18H2,1-2H3,(H,25,27);2-5H,1H3,(H,8,9,10). The van der Waals surface area contributed by atoms with Gasteiger partial charge >= 0.3 is 0 Å². The first kappa shape index (κ1) is 29.0. The third-order valence-electron chi connectivity index (χ3n) is 6.42. The van der Waals surface area contributed by atoms with E-state index in [1.165, 1.54) is 23.3 Å². The van der Waals surface area contributed by atoms with Gasteiger partial charge in [-0.05, 0) is 72.6 Å². The Morgan fingerprint density at radius 3 is 2.05 bits per heavy atom. The molecule has 200 valence electrons. The molecule has 4 aromatic rings. The number of carbonyl (C=O) groups is 1. The second-order valence-corrected chi connectivity index (χ2v) is 10.5. The number of carbonyl (C=O) groups excluding carboxylic acids is 1. The van der Waals surface area contributed by atoms with Gasteiger partial charge in [-0.2, -0.15) is 8.42 Å². The molecule has 0 unspecified atom stereocenters. The van der Waals surface area contributed by atoms with E-state index < -0.39 is 10.1 Å². The van der Waals surface area contributed by atoms with Crippen LogP contribution < -0.4 is 5.32 Å². The van der Waals surface area contributed by atoms with E-state index in [2.05, 4.69) is 54.4 Å². The lowest BCUT2D eigenvalue weighted by Crippen LogP contribution is -2.26. The lowest BCUT2D eigenvalue weighted by molar-refractivity contribution is 0.0954.